The van der Waals surface area contributed by atoms with Crippen LogP contribution in [0.4, 0.5) is 9.59 Å². The molecular formula is C26H33BN4O8. The third-order valence-corrected chi connectivity index (χ3v) is 5.05. The van der Waals surface area contributed by atoms with Gasteiger partial charge in [0.15, 0.2) is 0 Å². The summed E-state index contributed by atoms with van der Waals surface area (Å²) in [6.07, 6.45) is 3.50. The van der Waals surface area contributed by atoms with Gasteiger partial charge in [0.25, 0.3) is 0 Å². The molecule has 0 saturated carbocycles. The van der Waals surface area contributed by atoms with Crippen LogP contribution in [0.2, 0.25) is 0 Å². The van der Waals surface area contributed by atoms with E-state index >= 15 is 0 Å². The number of aromatic nitrogens is 4. The van der Waals surface area contributed by atoms with E-state index in [1.165, 1.54) is 23.9 Å². The molecule has 4 aromatic rings. The highest BCUT2D eigenvalue weighted by Gasteiger charge is 2.28. The van der Waals surface area contributed by atoms with E-state index in [4.69, 9.17) is 18.9 Å². The summed E-state index contributed by atoms with van der Waals surface area (Å²) in [5.41, 5.74) is -0.420. The second kappa shape index (κ2) is 11.3. The van der Waals surface area contributed by atoms with Crippen molar-refractivity contribution in [2.75, 3.05) is 14.2 Å². The molecule has 0 aromatic carbocycles. The largest absolute Gasteiger partial charge is 0.506 e. The lowest BCUT2D eigenvalue weighted by Gasteiger charge is -2.20. The zero-order valence-electron chi connectivity index (χ0n) is 23.3. The Hall–Kier alpha value is -4.10. The zero-order chi connectivity index (χ0) is 29.1. The Morgan fingerprint density at radius 3 is 1.82 bits per heavy atom. The maximum Gasteiger partial charge on any atom is 0.506 e. The monoisotopic (exact) mass is 540 g/mol. The van der Waals surface area contributed by atoms with Crippen LogP contribution in [0.25, 0.3) is 22.1 Å². The third kappa shape index (κ3) is 7.27. The number of nitrogens with zero attached hydrogens (tertiary/aromatic N) is 4. The highest BCUT2D eigenvalue weighted by molar-refractivity contribution is 6.59. The Morgan fingerprint density at radius 1 is 0.795 bits per heavy atom. The molecule has 0 bridgehead atoms. The molecule has 0 aliphatic rings. The number of ether oxygens (including phenoxy) is 4. The van der Waals surface area contributed by atoms with Gasteiger partial charge in [0.2, 0.25) is 0 Å². The zero-order valence-corrected chi connectivity index (χ0v) is 23.3. The van der Waals surface area contributed by atoms with Gasteiger partial charge in [-0.1, -0.05) is 0 Å². The van der Waals surface area contributed by atoms with E-state index in [-0.39, 0.29) is 11.2 Å². The van der Waals surface area contributed by atoms with Crippen LogP contribution in [0.15, 0.2) is 42.9 Å². The van der Waals surface area contributed by atoms with Crippen molar-refractivity contribution in [2.24, 2.45) is 0 Å². The fraction of sp³-hybridized carbons (Fsp3) is 0.385. The van der Waals surface area contributed by atoms with Gasteiger partial charge in [-0.15, -0.1) is 0 Å². The lowest BCUT2D eigenvalue weighted by molar-refractivity contribution is 0.0534. The average Bonchev–Trinajstić information content (AvgIpc) is 3.43. The van der Waals surface area contributed by atoms with Gasteiger partial charge in [-0.25, -0.2) is 28.7 Å². The first-order valence-electron chi connectivity index (χ1n) is 12.0. The Kier molecular flexibility index (Phi) is 8.56. The first-order valence-corrected chi connectivity index (χ1v) is 12.0. The van der Waals surface area contributed by atoms with Crippen molar-refractivity contribution in [1.29, 1.82) is 0 Å². The number of carbonyl (C=O) groups is 2. The van der Waals surface area contributed by atoms with Gasteiger partial charge in [-0.05, 0) is 65.8 Å². The molecule has 208 valence electrons. The number of pyridine rings is 2. The van der Waals surface area contributed by atoms with E-state index in [1.807, 2.05) is 26.8 Å². The minimum Gasteiger partial charge on any atom is -0.495 e. The fourth-order valence-corrected chi connectivity index (χ4v) is 3.47. The summed E-state index contributed by atoms with van der Waals surface area (Å²) < 4.78 is 23.1. The summed E-state index contributed by atoms with van der Waals surface area (Å²) in [5.74, 6) is 1.16. The second-order valence-electron chi connectivity index (χ2n) is 10.5. The predicted molar refractivity (Wildman–Crippen MR) is 146 cm³/mol. The Morgan fingerprint density at radius 2 is 1.31 bits per heavy atom. The van der Waals surface area contributed by atoms with Crippen molar-refractivity contribution in [3.05, 3.63) is 42.9 Å². The summed E-state index contributed by atoms with van der Waals surface area (Å²) in [6, 6.07) is 6.73. The molecule has 12 nitrogen and oxygen atoms in total. The van der Waals surface area contributed by atoms with Crippen molar-refractivity contribution in [1.82, 2.24) is 19.1 Å². The summed E-state index contributed by atoms with van der Waals surface area (Å²) in [5, 5.41) is 20.3. The van der Waals surface area contributed by atoms with Gasteiger partial charge in [0, 0.05) is 17.0 Å². The molecule has 0 unspecified atom stereocenters. The van der Waals surface area contributed by atoms with Crippen molar-refractivity contribution >= 4 is 47.0 Å². The van der Waals surface area contributed by atoms with Crippen molar-refractivity contribution < 1.29 is 38.6 Å². The molecule has 0 spiro atoms. The summed E-state index contributed by atoms with van der Waals surface area (Å²) in [7, 11) is 1.25. The third-order valence-electron chi connectivity index (χ3n) is 5.05. The van der Waals surface area contributed by atoms with E-state index in [1.54, 1.807) is 52.4 Å². The van der Waals surface area contributed by atoms with Crippen LogP contribution in [0.1, 0.15) is 41.5 Å². The van der Waals surface area contributed by atoms with Crippen molar-refractivity contribution in [2.45, 2.75) is 52.7 Å². The fourth-order valence-electron chi connectivity index (χ4n) is 3.47. The highest BCUT2D eigenvalue weighted by atomic mass is 16.6. The highest BCUT2D eigenvalue weighted by Crippen LogP contribution is 2.21. The number of carbonyl (C=O) groups excluding carboxylic acids is 2. The molecule has 0 aliphatic heterocycles. The summed E-state index contributed by atoms with van der Waals surface area (Å²) >= 11 is 0. The molecule has 0 amide bonds. The van der Waals surface area contributed by atoms with Gasteiger partial charge in [-0.3, -0.25) is 0 Å². The smallest absolute Gasteiger partial charge is 0.495 e. The number of rotatable bonds is 3. The maximum atomic E-state index is 12.3. The van der Waals surface area contributed by atoms with Crippen LogP contribution < -0.4 is 15.1 Å². The number of hydrogen-bond acceptors (Lipinski definition) is 10. The minimum atomic E-state index is -1.82. The van der Waals surface area contributed by atoms with Crippen LogP contribution >= 0.6 is 0 Å². The van der Waals surface area contributed by atoms with Crippen LogP contribution in [0, 0.1) is 0 Å². The van der Waals surface area contributed by atoms with Gasteiger partial charge < -0.3 is 29.0 Å². The number of hydrogen-bond donors (Lipinski definition) is 2. The van der Waals surface area contributed by atoms with Gasteiger partial charge in [0.1, 0.15) is 34.0 Å². The first kappa shape index (κ1) is 29.5. The lowest BCUT2D eigenvalue weighted by atomic mass is 9.86. The normalized spacial score (nSPS) is 11.5. The maximum absolute atomic E-state index is 12.3. The SMILES string of the molecule is COc1cnc2c(c1)cc(B(O)O)n2C(=O)OC(C)(C)C.COc1cnc2c(ccn2C(=O)OC(C)(C)C)c1. The molecule has 4 heterocycles. The van der Waals surface area contributed by atoms with Crippen LogP contribution in [0.3, 0.4) is 0 Å². The average molecular weight is 540 g/mol. The van der Waals surface area contributed by atoms with Gasteiger partial charge in [0.05, 0.1) is 32.2 Å². The molecule has 0 saturated heterocycles. The molecule has 4 aromatic heterocycles. The van der Waals surface area contributed by atoms with Crippen LogP contribution in [-0.2, 0) is 9.47 Å². The van der Waals surface area contributed by atoms with E-state index in [9.17, 15) is 19.6 Å². The molecule has 0 fully saturated rings. The Balaban J connectivity index is 0.000000218. The van der Waals surface area contributed by atoms with E-state index < -0.39 is 30.5 Å². The molecule has 0 atom stereocenters. The molecule has 39 heavy (non-hydrogen) atoms. The standard InChI is InChI=1S/C13H17BN2O5.C13H16N2O3/c1-13(2,3)21-12(17)16-10(14(18)19)6-8-5-9(20-4)7-15-11(8)16;1-13(2,3)18-12(16)15-6-5-9-7-10(17-4)8-14-11(9)15/h5-7,18-19H,1-4H3;5-8H,1-4H3. The Labute approximate surface area is 226 Å². The number of methoxy groups -OCH3 is 2. The molecule has 0 radical (unpaired) electrons. The van der Waals surface area contributed by atoms with Crippen molar-refractivity contribution in [3.63, 3.8) is 0 Å². The molecule has 2 N–H and O–H groups in total. The second-order valence-corrected chi connectivity index (χ2v) is 10.5. The molecular weight excluding hydrogens is 507 g/mol. The first-order chi connectivity index (χ1) is 18.1. The quantitative estimate of drug-likeness (QED) is 0.371. The molecule has 4 rings (SSSR count). The van der Waals surface area contributed by atoms with E-state index in [0.29, 0.717) is 22.5 Å². The summed E-state index contributed by atoms with van der Waals surface area (Å²) in [6.45, 7) is 10.7. The van der Waals surface area contributed by atoms with Crippen molar-refractivity contribution in [3.8, 4) is 11.5 Å². The van der Waals surface area contributed by atoms with E-state index in [0.717, 1.165) is 9.95 Å². The Bertz CT molecular complexity index is 1480. The number of fused-ring (bicyclic) bond motifs is 2. The molecule has 0 aliphatic carbocycles. The molecule has 13 heteroatoms. The lowest BCUT2D eigenvalue weighted by Crippen LogP contribution is -2.41. The summed E-state index contributed by atoms with van der Waals surface area (Å²) in [4.78, 5) is 32.5. The minimum absolute atomic E-state index is 0.0139. The topological polar surface area (TPSA) is 147 Å². The van der Waals surface area contributed by atoms with E-state index in [2.05, 4.69) is 9.97 Å². The van der Waals surface area contributed by atoms with Crippen LogP contribution in [0.5, 0.6) is 11.5 Å². The van der Waals surface area contributed by atoms with Crippen LogP contribution in [-0.4, -0.2) is 73.9 Å². The van der Waals surface area contributed by atoms with Gasteiger partial charge >= 0.3 is 19.3 Å². The predicted octanol–water partition coefficient (Wildman–Crippen LogP) is 3.34. The van der Waals surface area contributed by atoms with Gasteiger partial charge in [-0.2, -0.15) is 0 Å².